The van der Waals surface area contributed by atoms with Crippen molar-refractivity contribution >= 4 is 10.0 Å². The summed E-state index contributed by atoms with van der Waals surface area (Å²) >= 11 is 0. The van der Waals surface area contributed by atoms with Gasteiger partial charge in [-0.1, -0.05) is 6.07 Å². The van der Waals surface area contributed by atoms with Crippen molar-refractivity contribution < 1.29 is 8.42 Å². The van der Waals surface area contributed by atoms with Crippen molar-refractivity contribution in [3.05, 3.63) is 30.1 Å². The zero-order valence-corrected chi connectivity index (χ0v) is 11.3. The molecule has 18 heavy (non-hydrogen) atoms. The summed E-state index contributed by atoms with van der Waals surface area (Å²) in [5.41, 5.74) is 6.42. The van der Waals surface area contributed by atoms with Crippen molar-refractivity contribution in [1.29, 1.82) is 0 Å². The number of rotatable bonds is 3. The van der Waals surface area contributed by atoms with E-state index in [1.807, 2.05) is 0 Å². The molecule has 2 heterocycles. The number of pyridine rings is 1. The van der Waals surface area contributed by atoms with Gasteiger partial charge in [-0.25, -0.2) is 8.42 Å². The monoisotopic (exact) mass is 269 g/mol. The van der Waals surface area contributed by atoms with Crippen LogP contribution in [0.3, 0.4) is 0 Å². The van der Waals surface area contributed by atoms with Crippen LogP contribution >= 0.6 is 0 Å². The molecule has 0 saturated carbocycles. The molecule has 0 aromatic carbocycles. The number of nitrogens with two attached hydrogens (primary N) is 1. The zero-order chi connectivity index (χ0) is 13.2. The van der Waals surface area contributed by atoms with E-state index in [2.05, 4.69) is 4.98 Å². The molecular formula is C12H19N3O2S. The number of nitrogens with zero attached hydrogens (tertiary/aromatic N) is 2. The highest BCUT2D eigenvalue weighted by atomic mass is 32.2. The lowest BCUT2D eigenvalue weighted by molar-refractivity contribution is 0.313. The molecule has 0 bridgehead atoms. The smallest absolute Gasteiger partial charge is 0.222 e. The van der Waals surface area contributed by atoms with Crippen LogP contribution in [0.5, 0.6) is 0 Å². The fraction of sp³-hybridized carbons (Fsp3) is 0.583. The summed E-state index contributed by atoms with van der Waals surface area (Å²) in [4.78, 5) is 4.12. The maximum Gasteiger partial charge on any atom is 0.222 e. The molecule has 1 aromatic heterocycles. The van der Waals surface area contributed by atoms with Crippen LogP contribution < -0.4 is 5.73 Å². The molecule has 0 aliphatic carbocycles. The summed E-state index contributed by atoms with van der Waals surface area (Å²) in [6, 6.07) is 5.27. The van der Waals surface area contributed by atoms with Crippen LogP contribution in [0.15, 0.2) is 24.4 Å². The highest BCUT2D eigenvalue weighted by Gasteiger charge is 2.33. The molecular weight excluding hydrogens is 250 g/mol. The van der Waals surface area contributed by atoms with Crippen molar-refractivity contribution in [2.45, 2.75) is 31.1 Å². The molecule has 0 amide bonds. The summed E-state index contributed by atoms with van der Waals surface area (Å²) in [6.07, 6.45) is 3.34. The highest BCUT2D eigenvalue weighted by Crippen LogP contribution is 2.25. The van der Waals surface area contributed by atoms with Crippen LogP contribution in [0.25, 0.3) is 0 Å². The van der Waals surface area contributed by atoms with Gasteiger partial charge in [0.25, 0.3) is 0 Å². The van der Waals surface area contributed by atoms with Gasteiger partial charge in [-0.2, -0.15) is 4.31 Å². The first kappa shape index (κ1) is 13.5. The van der Waals surface area contributed by atoms with E-state index in [1.54, 1.807) is 31.3 Å². The molecule has 2 unspecified atom stereocenters. The molecule has 100 valence electrons. The second-order valence-electron chi connectivity index (χ2n) is 4.70. The van der Waals surface area contributed by atoms with E-state index >= 15 is 0 Å². The maximum absolute atomic E-state index is 12.5. The zero-order valence-electron chi connectivity index (χ0n) is 10.5. The minimum atomic E-state index is -3.36. The molecule has 1 aliphatic rings. The third kappa shape index (κ3) is 2.71. The summed E-state index contributed by atoms with van der Waals surface area (Å²) < 4.78 is 26.4. The van der Waals surface area contributed by atoms with Crippen LogP contribution in [0.4, 0.5) is 0 Å². The van der Waals surface area contributed by atoms with E-state index < -0.39 is 15.3 Å². The Morgan fingerprint density at radius 3 is 2.89 bits per heavy atom. The first-order valence-electron chi connectivity index (χ1n) is 6.17. The van der Waals surface area contributed by atoms with E-state index in [1.165, 1.54) is 4.31 Å². The first-order valence-corrected chi connectivity index (χ1v) is 7.67. The van der Waals surface area contributed by atoms with Gasteiger partial charge >= 0.3 is 0 Å². The van der Waals surface area contributed by atoms with Crippen LogP contribution in [0.1, 0.15) is 30.7 Å². The molecule has 0 radical (unpaired) electrons. The summed E-state index contributed by atoms with van der Waals surface area (Å²) in [6.45, 7) is 2.66. The predicted octanol–water partition coefficient (Wildman–Crippen LogP) is 0.896. The fourth-order valence-electron chi connectivity index (χ4n) is 2.20. The quantitative estimate of drug-likeness (QED) is 0.884. The molecule has 1 aliphatic heterocycles. The average molecular weight is 269 g/mol. The number of aromatic nitrogens is 1. The van der Waals surface area contributed by atoms with Crippen LogP contribution in [0.2, 0.25) is 0 Å². The molecule has 1 fully saturated rings. The van der Waals surface area contributed by atoms with Gasteiger partial charge in [-0.05, 0) is 31.9 Å². The Balaban J connectivity index is 2.20. The van der Waals surface area contributed by atoms with Gasteiger partial charge in [0, 0.05) is 25.3 Å². The first-order chi connectivity index (χ1) is 8.51. The van der Waals surface area contributed by atoms with Gasteiger partial charge in [0.1, 0.15) is 5.25 Å². The van der Waals surface area contributed by atoms with Crippen LogP contribution in [0, 0.1) is 0 Å². The topological polar surface area (TPSA) is 76.3 Å². The Morgan fingerprint density at radius 1 is 1.50 bits per heavy atom. The third-order valence-electron chi connectivity index (χ3n) is 3.33. The van der Waals surface area contributed by atoms with Crippen molar-refractivity contribution in [2.75, 3.05) is 13.1 Å². The van der Waals surface area contributed by atoms with Crippen LogP contribution in [-0.2, 0) is 10.0 Å². The summed E-state index contributed by atoms with van der Waals surface area (Å²) in [5, 5.41) is -0.621. The number of hydrogen-bond acceptors (Lipinski definition) is 4. The second-order valence-corrected chi connectivity index (χ2v) is 6.96. The molecule has 5 nitrogen and oxygen atoms in total. The average Bonchev–Trinajstić information content (AvgIpc) is 2.39. The third-order valence-corrected chi connectivity index (χ3v) is 5.52. The van der Waals surface area contributed by atoms with Gasteiger partial charge in [0.05, 0.1) is 5.69 Å². The summed E-state index contributed by atoms with van der Waals surface area (Å²) in [7, 11) is -3.36. The SMILES string of the molecule is CC(c1ccccn1)S(=O)(=O)N1CCCC(N)C1. The lowest BCUT2D eigenvalue weighted by atomic mass is 10.1. The molecule has 2 rings (SSSR count). The molecule has 2 atom stereocenters. The Kier molecular flexibility index (Phi) is 3.99. The van der Waals surface area contributed by atoms with Gasteiger partial charge in [0.2, 0.25) is 10.0 Å². The van der Waals surface area contributed by atoms with E-state index in [0.29, 0.717) is 18.8 Å². The molecule has 0 spiro atoms. The number of hydrogen-bond donors (Lipinski definition) is 1. The van der Waals surface area contributed by atoms with Gasteiger partial charge < -0.3 is 5.73 Å². The minimum absolute atomic E-state index is 0.0514. The maximum atomic E-state index is 12.5. The second kappa shape index (κ2) is 5.34. The van der Waals surface area contributed by atoms with E-state index in [0.717, 1.165) is 12.8 Å². The van der Waals surface area contributed by atoms with Crippen molar-refractivity contribution in [2.24, 2.45) is 5.73 Å². The standard InChI is InChI=1S/C12H19N3O2S/c1-10(12-6-2-3-7-14-12)18(16,17)15-8-4-5-11(13)9-15/h2-3,6-7,10-11H,4-5,8-9,13H2,1H3. The number of piperidine rings is 1. The molecule has 2 N–H and O–H groups in total. The molecule has 1 saturated heterocycles. The van der Waals surface area contributed by atoms with E-state index in [4.69, 9.17) is 5.73 Å². The van der Waals surface area contributed by atoms with E-state index in [9.17, 15) is 8.42 Å². The van der Waals surface area contributed by atoms with E-state index in [-0.39, 0.29) is 6.04 Å². The Labute approximate surface area is 108 Å². The Hall–Kier alpha value is -0.980. The Bertz CT molecular complexity index is 489. The summed E-state index contributed by atoms with van der Waals surface area (Å²) in [5.74, 6) is 0. The lowest BCUT2D eigenvalue weighted by Crippen LogP contribution is -2.46. The van der Waals surface area contributed by atoms with Gasteiger partial charge in [-0.15, -0.1) is 0 Å². The number of sulfonamides is 1. The predicted molar refractivity (Wildman–Crippen MR) is 70.4 cm³/mol. The van der Waals surface area contributed by atoms with Gasteiger partial charge in [-0.3, -0.25) is 4.98 Å². The van der Waals surface area contributed by atoms with Gasteiger partial charge in [0.15, 0.2) is 0 Å². The van der Waals surface area contributed by atoms with Crippen molar-refractivity contribution in [3.63, 3.8) is 0 Å². The van der Waals surface area contributed by atoms with Crippen LogP contribution in [-0.4, -0.2) is 36.8 Å². The van der Waals surface area contributed by atoms with Crippen molar-refractivity contribution in [3.8, 4) is 0 Å². The largest absolute Gasteiger partial charge is 0.327 e. The van der Waals surface area contributed by atoms with Crippen molar-refractivity contribution in [1.82, 2.24) is 9.29 Å². The normalized spacial score (nSPS) is 23.8. The lowest BCUT2D eigenvalue weighted by Gasteiger charge is -2.31. The highest BCUT2D eigenvalue weighted by molar-refractivity contribution is 7.89. The molecule has 1 aromatic rings. The molecule has 6 heteroatoms. The minimum Gasteiger partial charge on any atom is -0.327 e. The fourth-order valence-corrected chi connectivity index (χ4v) is 3.87. The Morgan fingerprint density at radius 2 is 2.28 bits per heavy atom.